The molecule has 0 bridgehead atoms. The predicted molar refractivity (Wildman–Crippen MR) is 73.4 cm³/mol. The lowest BCUT2D eigenvalue weighted by Gasteiger charge is -2.17. The van der Waals surface area contributed by atoms with Gasteiger partial charge in [0.2, 0.25) is 0 Å². The van der Waals surface area contributed by atoms with E-state index in [4.69, 9.17) is 0 Å². The van der Waals surface area contributed by atoms with Gasteiger partial charge in [0.15, 0.2) is 0 Å². The fourth-order valence-electron chi connectivity index (χ4n) is 2.23. The standard InChI is InChI=1S/C14H23BO2/c1-10(2)8-12-6-5-7-13(9-11(3)4)14(12)15(16)17/h5-7,10-11,16-17H,8-9H2,1-4H3. The first-order chi connectivity index (χ1) is 7.91. The zero-order valence-corrected chi connectivity index (χ0v) is 11.3. The number of hydrogen-bond donors (Lipinski definition) is 2. The molecule has 3 heteroatoms. The minimum absolute atomic E-state index is 0.516. The molecule has 0 fully saturated rings. The Morgan fingerprint density at radius 3 is 1.65 bits per heavy atom. The Morgan fingerprint density at radius 2 is 1.35 bits per heavy atom. The van der Waals surface area contributed by atoms with Crippen LogP contribution >= 0.6 is 0 Å². The Balaban J connectivity index is 3.12. The van der Waals surface area contributed by atoms with Crippen LogP contribution in [-0.2, 0) is 12.8 Å². The molecule has 0 radical (unpaired) electrons. The lowest BCUT2D eigenvalue weighted by atomic mass is 9.71. The van der Waals surface area contributed by atoms with Crippen molar-refractivity contribution < 1.29 is 10.0 Å². The molecule has 1 aromatic carbocycles. The molecule has 0 unspecified atom stereocenters. The Labute approximate surface area is 105 Å². The van der Waals surface area contributed by atoms with Gasteiger partial charge in [-0.05, 0) is 41.3 Å². The Kier molecular flexibility index (Phi) is 5.22. The topological polar surface area (TPSA) is 40.5 Å². The highest BCUT2D eigenvalue weighted by atomic mass is 16.4. The second-order valence-electron chi connectivity index (χ2n) is 5.56. The molecule has 0 aliphatic carbocycles. The van der Waals surface area contributed by atoms with Gasteiger partial charge in [0.05, 0.1) is 0 Å². The number of hydrogen-bond acceptors (Lipinski definition) is 2. The largest absolute Gasteiger partial charge is 0.488 e. The highest BCUT2D eigenvalue weighted by Gasteiger charge is 2.20. The minimum Gasteiger partial charge on any atom is -0.423 e. The summed E-state index contributed by atoms with van der Waals surface area (Å²) in [6, 6.07) is 6.01. The summed E-state index contributed by atoms with van der Waals surface area (Å²) in [6.45, 7) is 8.57. The Morgan fingerprint density at radius 1 is 0.941 bits per heavy atom. The van der Waals surface area contributed by atoms with Crippen molar-refractivity contribution in [2.75, 3.05) is 0 Å². The summed E-state index contributed by atoms with van der Waals surface area (Å²) in [4.78, 5) is 0. The second-order valence-corrected chi connectivity index (χ2v) is 5.56. The lowest BCUT2D eigenvalue weighted by molar-refractivity contribution is 0.424. The summed E-state index contributed by atoms with van der Waals surface area (Å²) in [5, 5.41) is 19.1. The first-order valence-electron chi connectivity index (χ1n) is 6.38. The van der Waals surface area contributed by atoms with Gasteiger partial charge in [-0.1, -0.05) is 45.9 Å². The normalized spacial score (nSPS) is 11.3. The van der Waals surface area contributed by atoms with E-state index in [1.54, 1.807) is 0 Å². The van der Waals surface area contributed by atoms with E-state index in [1.807, 2.05) is 18.2 Å². The van der Waals surface area contributed by atoms with Crippen LogP contribution in [0.5, 0.6) is 0 Å². The maximum atomic E-state index is 9.57. The highest BCUT2D eigenvalue weighted by molar-refractivity contribution is 6.59. The van der Waals surface area contributed by atoms with Crippen molar-refractivity contribution in [3.8, 4) is 0 Å². The quantitative estimate of drug-likeness (QED) is 0.762. The van der Waals surface area contributed by atoms with Crippen LogP contribution in [0.2, 0.25) is 0 Å². The third-order valence-corrected chi connectivity index (χ3v) is 2.80. The van der Waals surface area contributed by atoms with Gasteiger partial charge >= 0.3 is 7.12 Å². The molecule has 94 valence electrons. The third-order valence-electron chi connectivity index (χ3n) is 2.80. The molecule has 2 N–H and O–H groups in total. The van der Waals surface area contributed by atoms with Gasteiger partial charge in [-0.3, -0.25) is 0 Å². The van der Waals surface area contributed by atoms with E-state index >= 15 is 0 Å². The molecular formula is C14H23BO2. The summed E-state index contributed by atoms with van der Waals surface area (Å²) in [5.74, 6) is 1.03. The van der Waals surface area contributed by atoms with Crippen LogP contribution in [0.15, 0.2) is 18.2 Å². The van der Waals surface area contributed by atoms with Crippen LogP contribution in [0.3, 0.4) is 0 Å². The molecule has 0 heterocycles. The van der Waals surface area contributed by atoms with Gasteiger partial charge in [-0.15, -0.1) is 0 Å². The maximum absolute atomic E-state index is 9.57. The van der Waals surface area contributed by atoms with Crippen LogP contribution in [0.4, 0.5) is 0 Å². The average Bonchev–Trinajstić information content (AvgIpc) is 2.14. The van der Waals surface area contributed by atoms with E-state index in [0.29, 0.717) is 11.8 Å². The van der Waals surface area contributed by atoms with E-state index in [0.717, 1.165) is 29.4 Å². The molecule has 1 aromatic rings. The summed E-state index contributed by atoms with van der Waals surface area (Å²) in [7, 11) is -1.36. The van der Waals surface area contributed by atoms with E-state index in [2.05, 4.69) is 27.7 Å². The molecule has 1 rings (SSSR count). The monoisotopic (exact) mass is 234 g/mol. The van der Waals surface area contributed by atoms with E-state index < -0.39 is 7.12 Å². The van der Waals surface area contributed by atoms with Crippen LogP contribution in [0, 0.1) is 11.8 Å². The fraction of sp³-hybridized carbons (Fsp3) is 0.571. The van der Waals surface area contributed by atoms with E-state index in [-0.39, 0.29) is 0 Å². The van der Waals surface area contributed by atoms with Crippen molar-refractivity contribution in [2.24, 2.45) is 11.8 Å². The number of rotatable bonds is 5. The molecule has 0 atom stereocenters. The van der Waals surface area contributed by atoms with E-state index in [9.17, 15) is 10.0 Å². The van der Waals surface area contributed by atoms with Gasteiger partial charge in [0.1, 0.15) is 0 Å². The molecule has 0 amide bonds. The lowest BCUT2D eigenvalue weighted by Crippen LogP contribution is -2.37. The van der Waals surface area contributed by atoms with Crippen molar-refractivity contribution in [3.63, 3.8) is 0 Å². The molecule has 0 aliphatic heterocycles. The van der Waals surface area contributed by atoms with Crippen molar-refractivity contribution in [1.82, 2.24) is 0 Å². The van der Waals surface area contributed by atoms with Crippen LogP contribution in [0.1, 0.15) is 38.8 Å². The maximum Gasteiger partial charge on any atom is 0.488 e. The van der Waals surface area contributed by atoms with Crippen molar-refractivity contribution in [2.45, 2.75) is 40.5 Å². The van der Waals surface area contributed by atoms with Crippen LogP contribution in [-0.4, -0.2) is 17.2 Å². The van der Waals surface area contributed by atoms with Gasteiger partial charge in [0.25, 0.3) is 0 Å². The van der Waals surface area contributed by atoms with Crippen LogP contribution < -0.4 is 5.46 Å². The third kappa shape index (κ3) is 4.17. The summed E-state index contributed by atoms with van der Waals surface area (Å²) in [6.07, 6.45) is 1.78. The summed E-state index contributed by atoms with van der Waals surface area (Å²) >= 11 is 0. The second kappa shape index (κ2) is 6.22. The first kappa shape index (κ1) is 14.3. The van der Waals surface area contributed by atoms with Gasteiger partial charge in [0, 0.05) is 0 Å². The molecule has 2 nitrogen and oxygen atoms in total. The molecule has 0 aliphatic rings. The minimum atomic E-state index is -1.36. The smallest absolute Gasteiger partial charge is 0.423 e. The molecule has 0 aromatic heterocycles. The predicted octanol–water partition coefficient (Wildman–Crippen LogP) is 1.76. The summed E-state index contributed by atoms with van der Waals surface area (Å²) < 4.78 is 0. The molecule has 0 saturated carbocycles. The SMILES string of the molecule is CC(C)Cc1cccc(CC(C)C)c1B(O)O. The van der Waals surface area contributed by atoms with Crippen molar-refractivity contribution in [1.29, 1.82) is 0 Å². The molecular weight excluding hydrogens is 211 g/mol. The van der Waals surface area contributed by atoms with Crippen molar-refractivity contribution in [3.05, 3.63) is 29.3 Å². The zero-order chi connectivity index (χ0) is 13.0. The van der Waals surface area contributed by atoms with Crippen LogP contribution in [0.25, 0.3) is 0 Å². The van der Waals surface area contributed by atoms with Gasteiger partial charge in [-0.2, -0.15) is 0 Å². The zero-order valence-electron chi connectivity index (χ0n) is 11.3. The van der Waals surface area contributed by atoms with Crippen molar-refractivity contribution >= 4 is 12.6 Å². The highest BCUT2D eigenvalue weighted by Crippen LogP contribution is 2.12. The number of benzene rings is 1. The fourth-order valence-corrected chi connectivity index (χ4v) is 2.23. The first-order valence-corrected chi connectivity index (χ1v) is 6.38. The molecule has 0 spiro atoms. The summed E-state index contributed by atoms with van der Waals surface area (Å²) in [5.41, 5.74) is 2.84. The molecule has 0 saturated heterocycles. The Bertz CT molecular complexity index is 331. The van der Waals surface area contributed by atoms with E-state index in [1.165, 1.54) is 0 Å². The average molecular weight is 234 g/mol. The van der Waals surface area contributed by atoms with Gasteiger partial charge < -0.3 is 10.0 Å². The Hall–Kier alpha value is -0.795. The van der Waals surface area contributed by atoms with Gasteiger partial charge in [-0.25, -0.2) is 0 Å². The molecule has 17 heavy (non-hydrogen) atoms.